The highest BCUT2D eigenvalue weighted by Gasteiger charge is 2.36. The molecule has 9 heteroatoms. The number of hydrogen-bond donors (Lipinski definition) is 1. The normalized spacial score (nSPS) is 13.2. The standard InChI is InChI=1S/C23H19F4NO3S/c1-4-13-31-15(2)14-20(16-7-11-19(12-8-16)32(3,29)30)21(22(28)23(25,26)27)17-5-9-18(24)10-6-17/h1,5-12,14H,2,13,28H2,3H3/b20-14-,22-21-. The molecule has 0 aliphatic rings. The zero-order chi connectivity index (χ0) is 24.1. The lowest BCUT2D eigenvalue weighted by atomic mass is 9.90. The maximum absolute atomic E-state index is 13.7. The van der Waals surface area contributed by atoms with Gasteiger partial charge in [-0.05, 0) is 47.0 Å². The first kappa shape index (κ1) is 24.8. The van der Waals surface area contributed by atoms with E-state index in [-0.39, 0.29) is 34.0 Å². The summed E-state index contributed by atoms with van der Waals surface area (Å²) in [6.07, 6.45) is 2.42. The summed E-state index contributed by atoms with van der Waals surface area (Å²) in [4.78, 5) is -0.0286. The second-order valence-electron chi connectivity index (χ2n) is 6.61. The fraction of sp³-hybridized carbons (Fsp3) is 0.130. The van der Waals surface area contributed by atoms with Crippen LogP contribution >= 0.6 is 0 Å². The average Bonchev–Trinajstić information content (AvgIpc) is 2.71. The van der Waals surface area contributed by atoms with E-state index in [4.69, 9.17) is 16.9 Å². The first-order valence-corrected chi connectivity index (χ1v) is 10.8. The summed E-state index contributed by atoms with van der Waals surface area (Å²) in [5.74, 6) is 1.51. The molecule has 0 aliphatic heterocycles. The summed E-state index contributed by atoms with van der Waals surface area (Å²) in [6, 6.07) is 9.42. The van der Waals surface area contributed by atoms with Crippen LogP contribution in [0.25, 0.3) is 11.1 Å². The molecule has 168 valence electrons. The largest absolute Gasteiger partial charge is 0.482 e. The molecule has 0 spiro atoms. The third-order valence-corrected chi connectivity index (χ3v) is 5.35. The van der Waals surface area contributed by atoms with Crippen LogP contribution in [0, 0.1) is 18.2 Å². The van der Waals surface area contributed by atoms with Crippen molar-refractivity contribution in [3.8, 4) is 12.3 Å². The van der Waals surface area contributed by atoms with Crippen molar-refractivity contribution in [3.63, 3.8) is 0 Å². The molecule has 2 rings (SSSR count). The van der Waals surface area contributed by atoms with Gasteiger partial charge in [0.1, 0.15) is 23.9 Å². The summed E-state index contributed by atoms with van der Waals surface area (Å²) in [5, 5.41) is 0. The Morgan fingerprint density at radius 2 is 1.66 bits per heavy atom. The van der Waals surface area contributed by atoms with Crippen LogP contribution in [0.4, 0.5) is 17.6 Å². The molecule has 0 heterocycles. The molecule has 2 N–H and O–H groups in total. The van der Waals surface area contributed by atoms with Gasteiger partial charge in [-0.25, -0.2) is 12.8 Å². The molecule has 0 aliphatic carbocycles. The molecule has 4 nitrogen and oxygen atoms in total. The van der Waals surface area contributed by atoms with E-state index in [0.717, 1.165) is 30.5 Å². The van der Waals surface area contributed by atoms with Gasteiger partial charge < -0.3 is 10.5 Å². The average molecular weight is 465 g/mol. The van der Waals surface area contributed by atoms with Gasteiger partial charge in [0.25, 0.3) is 0 Å². The number of allylic oxidation sites excluding steroid dienone is 4. The van der Waals surface area contributed by atoms with Crippen molar-refractivity contribution < 1.29 is 30.7 Å². The third-order valence-electron chi connectivity index (χ3n) is 4.22. The van der Waals surface area contributed by atoms with Crippen molar-refractivity contribution in [1.29, 1.82) is 0 Å². The van der Waals surface area contributed by atoms with E-state index in [1.54, 1.807) is 0 Å². The first-order valence-electron chi connectivity index (χ1n) is 8.95. The highest BCUT2D eigenvalue weighted by atomic mass is 32.2. The van der Waals surface area contributed by atoms with E-state index in [2.05, 4.69) is 12.5 Å². The Morgan fingerprint density at radius 3 is 2.12 bits per heavy atom. The Balaban J connectivity index is 2.81. The van der Waals surface area contributed by atoms with E-state index < -0.39 is 33.1 Å². The van der Waals surface area contributed by atoms with E-state index in [9.17, 15) is 26.0 Å². The quantitative estimate of drug-likeness (QED) is 0.278. The Morgan fingerprint density at radius 1 is 1.12 bits per heavy atom. The molecule has 0 saturated carbocycles. The van der Waals surface area contributed by atoms with Crippen molar-refractivity contribution in [1.82, 2.24) is 0 Å². The number of sulfone groups is 1. The molecular formula is C23H19F4NO3S. The maximum Gasteiger partial charge on any atom is 0.431 e. The van der Waals surface area contributed by atoms with Gasteiger partial charge in [0.2, 0.25) is 0 Å². The fourth-order valence-corrected chi connectivity index (χ4v) is 3.36. The zero-order valence-corrected chi connectivity index (χ0v) is 17.7. The van der Waals surface area contributed by atoms with Crippen LogP contribution in [0.2, 0.25) is 0 Å². The smallest absolute Gasteiger partial charge is 0.431 e. The molecule has 0 amide bonds. The summed E-state index contributed by atoms with van der Waals surface area (Å²) < 4.78 is 83.1. The lowest BCUT2D eigenvalue weighted by Gasteiger charge is -2.19. The number of benzene rings is 2. The Kier molecular flexibility index (Phi) is 7.54. The number of ether oxygens (including phenoxy) is 1. The SMILES string of the molecule is C#CCOC(=C)/C=C(\C(=C(/N)C(F)(F)F)c1ccc(F)cc1)c1ccc(S(C)(=O)=O)cc1. The van der Waals surface area contributed by atoms with Crippen molar-refractivity contribution in [2.45, 2.75) is 11.1 Å². The van der Waals surface area contributed by atoms with Gasteiger partial charge in [-0.15, -0.1) is 6.42 Å². The van der Waals surface area contributed by atoms with Crippen LogP contribution in [0.15, 0.2) is 77.5 Å². The lowest BCUT2D eigenvalue weighted by molar-refractivity contribution is -0.0919. The van der Waals surface area contributed by atoms with Crippen molar-refractivity contribution in [2.24, 2.45) is 5.73 Å². The van der Waals surface area contributed by atoms with Crippen LogP contribution < -0.4 is 5.73 Å². The van der Waals surface area contributed by atoms with E-state index in [0.29, 0.717) is 0 Å². The fourth-order valence-electron chi connectivity index (χ4n) is 2.73. The van der Waals surface area contributed by atoms with Gasteiger partial charge in [-0.2, -0.15) is 13.2 Å². The minimum absolute atomic E-state index is 0.0237. The van der Waals surface area contributed by atoms with E-state index >= 15 is 0 Å². The van der Waals surface area contributed by atoms with Crippen molar-refractivity contribution in [2.75, 3.05) is 12.9 Å². The molecule has 0 aromatic heterocycles. The van der Waals surface area contributed by atoms with Gasteiger partial charge >= 0.3 is 6.18 Å². The monoisotopic (exact) mass is 465 g/mol. The number of nitrogens with two attached hydrogens (primary N) is 1. The van der Waals surface area contributed by atoms with Gasteiger partial charge in [-0.3, -0.25) is 0 Å². The van der Waals surface area contributed by atoms with Gasteiger partial charge in [0, 0.05) is 11.8 Å². The number of rotatable bonds is 7. The van der Waals surface area contributed by atoms with Crippen LogP contribution in [0.5, 0.6) is 0 Å². The molecular weight excluding hydrogens is 446 g/mol. The molecule has 0 saturated heterocycles. The molecule has 2 aromatic carbocycles. The van der Waals surface area contributed by atoms with Gasteiger partial charge in [0.15, 0.2) is 9.84 Å². The molecule has 0 atom stereocenters. The predicted molar refractivity (Wildman–Crippen MR) is 115 cm³/mol. The topological polar surface area (TPSA) is 69.4 Å². The maximum atomic E-state index is 13.7. The minimum atomic E-state index is -4.92. The zero-order valence-electron chi connectivity index (χ0n) is 16.9. The summed E-state index contributed by atoms with van der Waals surface area (Å²) in [6.45, 7) is 3.45. The van der Waals surface area contributed by atoms with Crippen molar-refractivity contribution in [3.05, 3.63) is 89.6 Å². The summed E-state index contributed by atoms with van der Waals surface area (Å²) in [5.41, 5.74) is 3.69. The number of halogens is 4. The van der Waals surface area contributed by atoms with E-state index in [1.807, 2.05) is 0 Å². The first-order chi connectivity index (χ1) is 14.8. The second-order valence-corrected chi connectivity index (χ2v) is 8.62. The lowest BCUT2D eigenvalue weighted by Crippen LogP contribution is -2.22. The molecule has 2 aromatic rings. The second kappa shape index (κ2) is 9.75. The van der Waals surface area contributed by atoms with E-state index in [1.165, 1.54) is 30.3 Å². The molecule has 0 fully saturated rings. The highest BCUT2D eigenvalue weighted by molar-refractivity contribution is 7.90. The van der Waals surface area contributed by atoms with Crippen LogP contribution in [-0.4, -0.2) is 27.5 Å². The Bertz CT molecular complexity index is 1200. The third kappa shape index (κ3) is 6.25. The molecule has 0 bridgehead atoms. The summed E-state index contributed by atoms with van der Waals surface area (Å²) in [7, 11) is -3.54. The highest BCUT2D eigenvalue weighted by Crippen LogP contribution is 2.39. The number of hydrogen-bond acceptors (Lipinski definition) is 4. The Labute approximate surface area is 183 Å². The Hall–Kier alpha value is -3.51. The molecule has 0 unspecified atom stereocenters. The number of alkyl halides is 3. The molecule has 32 heavy (non-hydrogen) atoms. The van der Waals surface area contributed by atoms with Gasteiger partial charge in [0.05, 0.1) is 4.90 Å². The molecule has 0 radical (unpaired) electrons. The summed E-state index contributed by atoms with van der Waals surface area (Å²) >= 11 is 0. The number of terminal acetylenes is 1. The minimum Gasteiger partial charge on any atom is -0.482 e. The predicted octanol–water partition coefficient (Wildman–Crippen LogP) is 4.71. The van der Waals surface area contributed by atoms with Crippen molar-refractivity contribution >= 4 is 21.0 Å². The van der Waals surface area contributed by atoms with Gasteiger partial charge in [-0.1, -0.05) is 36.8 Å². The van der Waals surface area contributed by atoms with Crippen LogP contribution in [-0.2, 0) is 14.6 Å². The van der Waals surface area contributed by atoms with Crippen LogP contribution in [0.3, 0.4) is 0 Å². The van der Waals surface area contributed by atoms with Crippen LogP contribution in [0.1, 0.15) is 11.1 Å².